The molecule has 0 radical (unpaired) electrons. The maximum Gasteiger partial charge on any atom is 0.329 e. The molecule has 1 fully saturated rings. The van der Waals surface area contributed by atoms with Gasteiger partial charge in [-0.05, 0) is 30.9 Å². The lowest BCUT2D eigenvalue weighted by Gasteiger charge is -2.23. The van der Waals surface area contributed by atoms with Crippen molar-refractivity contribution in [3.63, 3.8) is 0 Å². The van der Waals surface area contributed by atoms with Gasteiger partial charge in [0.25, 0.3) is 0 Å². The third-order valence-corrected chi connectivity index (χ3v) is 5.81. The van der Waals surface area contributed by atoms with E-state index in [-0.39, 0.29) is 25.7 Å². The summed E-state index contributed by atoms with van der Waals surface area (Å²) in [5.41, 5.74) is 1.69. The van der Waals surface area contributed by atoms with Gasteiger partial charge in [0.15, 0.2) is 0 Å². The summed E-state index contributed by atoms with van der Waals surface area (Å²) in [6.45, 7) is 1.51. The molecule has 184 valence electrons. The van der Waals surface area contributed by atoms with E-state index in [1.54, 1.807) is 0 Å². The van der Waals surface area contributed by atoms with Crippen LogP contribution in [0.2, 0.25) is 0 Å². The Morgan fingerprint density at radius 2 is 1.74 bits per heavy atom. The van der Waals surface area contributed by atoms with Crippen LogP contribution in [0.15, 0.2) is 54.1 Å². The summed E-state index contributed by atoms with van der Waals surface area (Å²) < 4.78 is 5.49. The van der Waals surface area contributed by atoms with Crippen LogP contribution in [0, 0.1) is 11.3 Å². The van der Waals surface area contributed by atoms with Gasteiger partial charge < -0.3 is 20.7 Å². The Balaban J connectivity index is 1.85. The van der Waals surface area contributed by atoms with Gasteiger partial charge in [-0.3, -0.25) is 14.4 Å². The largest absolute Gasteiger partial charge is 0.459 e. The summed E-state index contributed by atoms with van der Waals surface area (Å²) in [6, 6.07) is 8.06. The SMILES string of the molecule is C[C@H]1NC(=O)[C@@H](CC2=CCCC=C2)NC(=O)C[C@@H](CC#N)OC(=O)[C@@H](Cc2ccccc2)NC1=O. The van der Waals surface area contributed by atoms with Crippen molar-refractivity contribution in [1.29, 1.82) is 5.26 Å². The summed E-state index contributed by atoms with van der Waals surface area (Å²) in [5.74, 6) is -2.34. The molecular formula is C26H30N4O5. The van der Waals surface area contributed by atoms with Crippen LogP contribution >= 0.6 is 0 Å². The number of nitriles is 1. The van der Waals surface area contributed by atoms with E-state index in [1.165, 1.54) is 6.92 Å². The molecule has 0 saturated carbocycles. The molecule has 3 amide bonds. The number of nitrogens with one attached hydrogen (secondary N) is 3. The number of carbonyl (C=O) groups is 4. The molecule has 9 nitrogen and oxygen atoms in total. The van der Waals surface area contributed by atoms with E-state index in [2.05, 4.69) is 16.0 Å². The van der Waals surface area contributed by atoms with Gasteiger partial charge in [0, 0.05) is 12.8 Å². The van der Waals surface area contributed by atoms with Gasteiger partial charge in [0.2, 0.25) is 17.7 Å². The Bertz CT molecular complexity index is 1040. The molecule has 0 spiro atoms. The van der Waals surface area contributed by atoms with Gasteiger partial charge in [0.1, 0.15) is 24.2 Å². The van der Waals surface area contributed by atoms with E-state index in [4.69, 9.17) is 4.74 Å². The van der Waals surface area contributed by atoms with Crippen LogP contribution in [0.3, 0.4) is 0 Å². The zero-order valence-electron chi connectivity index (χ0n) is 19.7. The molecule has 2 aliphatic rings. The number of esters is 1. The lowest BCUT2D eigenvalue weighted by Crippen LogP contribution is -2.54. The van der Waals surface area contributed by atoms with Crippen molar-refractivity contribution in [2.75, 3.05) is 0 Å². The van der Waals surface area contributed by atoms with Crippen molar-refractivity contribution in [2.45, 2.75) is 69.7 Å². The van der Waals surface area contributed by atoms with E-state index in [0.29, 0.717) is 0 Å². The molecule has 4 atom stereocenters. The average molecular weight is 479 g/mol. The molecule has 1 aromatic rings. The molecule has 0 aromatic heterocycles. The number of rotatable bonds is 5. The summed E-state index contributed by atoms with van der Waals surface area (Å²) in [6.07, 6.45) is 6.58. The first-order chi connectivity index (χ1) is 16.9. The standard InChI is InChI=1S/C26H30N4O5/c1-17-24(32)30-22(15-19-10-6-3-7-11-19)26(34)35-20(12-13-27)16-23(31)29-21(25(33)28-17)14-18-8-4-2-5-9-18/h3-4,6-11,17,20-22H,2,5,12,14-16H2,1H3,(H,28,33)(H,29,31)(H,30,32)/t17-,20-,21-,22-/m1/s1. The topological polar surface area (TPSA) is 137 Å². The fourth-order valence-corrected chi connectivity index (χ4v) is 3.95. The lowest BCUT2D eigenvalue weighted by molar-refractivity contribution is -0.154. The van der Waals surface area contributed by atoms with Crippen LogP contribution in [0.4, 0.5) is 0 Å². The molecule has 1 heterocycles. The molecule has 0 unspecified atom stereocenters. The van der Waals surface area contributed by atoms with Gasteiger partial charge in [-0.15, -0.1) is 0 Å². The molecule has 3 rings (SSSR count). The minimum atomic E-state index is -1.05. The van der Waals surface area contributed by atoms with E-state index in [9.17, 15) is 24.4 Å². The summed E-state index contributed by atoms with van der Waals surface area (Å²) >= 11 is 0. The normalized spacial score (nSPS) is 25.9. The summed E-state index contributed by atoms with van der Waals surface area (Å²) in [4.78, 5) is 51.7. The second-order valence-electron chi connectivity index (χ2n) is 8.69. The van der Waals surface area contributed by atoms with Crippen molar-refractivity contribution < 1.29 is 23.9 Å². The average Bonchev–Trinajstić information content (AvgIpc) is 2.84. The second-order valence-corrected chi connectivity index (χ2v) is 8.69. The molecule has 9 heteroatoms. The van der Waals surface area contributed by atoms with Crippen molar-refractivity contribution in [2.24, 2.45) is 0 Å². The van der Waals surface area contributed by atoms with Gasteiger partial charge in [-0.2, -0.15) is 5.26 Å². The highest BCUT2D eigenvalue weighted by atomic mass is 16.5. The van der Waals surface area contributed by atoms with E-state index >= 15 is 0 Å². The first-order valence-electron chi connectivity index (χ1n) is 11.7. The van der Waals surface area contributed by atoms with Crippen molar-refractivity contribution in [1.82, 2.24) is 16.0 Å². The monoisotopic (exact) mass is 478 g/mol. The Labute approximate surface area is 204 Å². The maximum atomic E-state index is 13.0. The Morgan fingerprint density at radius 1 is 0.971 bits per heavy atom. The van der Waals surface area contributed by atoms with Gasteiger partial charge in [0.05, 0.1) is 18.9 Å². The van der Waals surface area contributed by atoms with Crippen LogP contribution in [-0.2, 0) is 30.3 Å². The van der Waals surface area contributed by atoms with Crippen molar-refractivity contribution in [3.05, 3.63) is 59.7 Å². The lowest BCUT2D eigenvalue weighted by atomic mass is 9.99. The Hall–Kier alpha value is -3.93. The Morgan fingerprint density at radius 3 is 2.43 bits per heavy atom. The predicted octanol–water partition coefficient (Wildman–Crippen LogP) is 1.60. The molecule has 1 aliphatic carbocycles. The molecule has 0 bridgehead atoms. The quantitative estimate of drug-likeness (QED) is 0.550. The number of ether oxygens (including phenoxy) is 1. The molecule has 1 saturated heterocycles. The first kappa shape index (κ1) is 25.7. The minimum Gasteiger partial charge on any atom is -0.459 e. The van der Waals surface area contributed by atoms with Crippen LogP contribution in [0.1, 0.15) is 44.6 Å². The number of hydrogen-bond acceptors (Lipinski definition) is 6. The van der Waals surface area contributed by atoms with E-state index < -0.39 is 47.9 Å². The molecule has 1 aliphatic heterocycles. The van der Waals surface area contributed by atoms with Crippen LogP contribution in [0.25, 0.3) is 0 Å². The zero-order chi connectivity index (χ0) is 25.2. The highest BCUT2D eigenvalue weighted by Crippen LogP contribution is 2.16. The number of carbonyl (C=O) groups excluding carboxylic acids is 4. The number of hydrogen-bond donors (Lipinski definition) is 3. The number of cyclic esters (lactones) is 1. The molecule has 1 aromatic carbocycles. The predicted molar refractivity (Wildman–Crippen MR) is 127 cm³/mol. The number of nitrogens with zero attached hydrogens (tertiary/aromatic N) is 1. The number of allylic oxidation sites excluding steroid dienone is 3. The van der Waals surface area contributed by atoms with Crippen LogP contribution in [-0.4, -0.2) is 47.9 Å². The third kappa shape index (κ3) is 7.81. The molecule has 3 N–H and O–H groups in total. The van der Waals surface area contributed by atoms with Crippen molar-refractivity contribution >= 4 is 23.7 Å². The fraction of sp³-hybridized carbons (Fsp3) is 0.423. The zero-order valence-corrected chi connectivity index (χ0v) is 19.7. The smallest absolute Gasteiger partial charge is 0.329 e. The number of benzene rings is 1. The number of amides is 3. The first-order valence-corrected chi connectivity index (χ1v) is 11.7. The van der Waals surface area contributed by atoms with Crippen LogP contribution in [0.5, 0.6) is 0 Å². The third-order valence-electron chi connectivity index (χ3n) is 5.81. The maximum absolute atomic E-state index is 13.0. The minimum absolute atomic E-state index is 0.153. The van der Waals surface area contributed by atoms with Crippen molar-refractivity contribution in [3.8, 4) is 6.07 Å². The van der Waals surface area contributed by atoms with Gasteiger partial charge in [-0.1, -0.05) is 48.6 Å². The Kier molecular flexibility index (Phi) is 9.18. The summed E-state index contributed by atoms with van der Waals surface area (Å²) in [7, 11) is 0. The summed E-state index contributed by atoms with van der Waals surface area (Å²) in [5, 5.41) is 17.2. The fourth-order valence-electron chi connectivity index (χ4n) is 3.95. The van der Waals surface area contributed by atoms with Crippen LogP contribution < -0.4 is 16.0 Å². The van der Waals surface area contributed by atoms with Gasteiger partial charge >= 0.3 is 5.97 Å². The van der Waals surface area contributed by atoms with E-state index in [0.717, 1.165) is 24.0 Å². The molecular weight excluding hydrogens is 448 g/mol. The molecule has 35 heavy (non-hydrogen) atoms. The second kappa shape index (κ2) is 12.5. The van der Waals surface area contributed by atoms with Gasteiger partial charge in [-0.25, -0.2) is 4.79 Å². The highest BCUT2D eigenvalue weighted by molar-refractivity contribution is 5.94. The van der Waals surface area contributed by atoms with E-state index in [1.807, 2.05) is 54.6 Å². The highest BCUT2D eigenvalue weighted by Gasteiger charge is 2.32.